The first-order valence-corrected chi connectivity index (χ1v) is 9.36. The number of nitrogens with one attached hydrogen (secondary N) is 1. The Morgan fingerprint density at radius 1 is 0.966 bits per heavy atom. The molecule has 1 rings (SSSR count). The molecule has 0 aromatic heterocycles. The van der Waals surface area contributed by atoms with Gasteiger partial charge in [0.1, 0.15) is 18.8 Å². The number of hydrogen-bond donors (Lipinski definition) is 1. The highest BCUT2D eigenvalue weighted by Gasteiger charge is 2.51. The van der Waals surface area contributed by atoms with E-state index in [0.29, 0.717) is 0 Å². The van der Waals surface area contributed by atoms with E-state index >= 15 is 0 Å². The lowest BCUT2D eigenvalue weighted by Gasteiger charge is -2.44. The summed E-state index contributed by atoms with van der Waals surface area (Å²) in [7, 11) is 0. The molecule has 0 aromatic carbocycles. The lowest BCUT2D eigenvalue weighted by molar-refractivity contribution is -0.265. The Balaban J connectivity index is 3.24. The fourth-order valence-corrected chi connectivity index (χ4v) is 2.77. The second-order valence-corrected chi connectivity index (χ2v) is 6.52. The first kappa shape index (κ1) is 24.4. The fourth-order valence-electron chi connectivity index (χ4n) is 2.77. The number of rotatable bonds is 9. The molecule has 10 nitrogen and oxygen atoms in total. The average Bonchev–Trinajstić information content (AvgIpc) is 2.60. The molecule has 1 aliphatic rings. The van der Waals surface area contributed by atoms with Crippen molar-refractivity contribution in [1.29, 1.82) is 0 Å². The molecule has 164 valence electrons. The zero-order chi connectivity index (χ0) is 22.0. The van der Waals surface area contributed by atoms with Crippen molar-refractivity contribution in [3.63, 3.8) is 0 Å². The third-order valence-electron chi connectivity index (χ3n) is 3.84. The molecule has 1 aliphatic heterocycles. The molecule has 10 heteroatoms. The van der Waals surface area contributed by atoms with Gasteiger partial charge in [-0.25, -0.2) is 0 Å². The third kappa shape index (κ3) is 8.51. The summed E-state index contributed by atoms with van der Waals surface area (Å²) < 4.78 is 27.1. The standard InChI is InChI=1S/C19H29NO9/c1-6-7-8-9-25-19-16(20-11(2)21)18(28-14(5)24)17(27-13(4)23)15(29-19)10-26-12(3)22/h8-9,15-19H,6-7,10H2,1-5H3,(H,20,21)/t15-,16-,17-,18-,19-/m1/s1. The lowest BCUT2D eigenvalue weighted by Crippen LogP contribution is -2.66. The Morgan fingerprint density at radius 3 is 2.10 bits per heavy atom. The minimum absolute atomic E-state index is 0.267. The second kappa shape index (κ2) is 12.1. The summed E-state index contributed by atoms with van der Waals surface area (Å²) in [4.78, 5) is 46.3. The van der Waals surface area contributed by atoms with E-state index in [2.05, 4.69) is 5.32 Å². The maximum atomic E-state index is 11.7. The minimum Gasteiger partial charge on any atom is -0.470 e. The van der Waals surface area contributed by atoms with Crippen molar-refractivity contribution in [2.45, 2.75) is 78.1 Å². The van der Waals surface area contributed by atoms with Gasteiger partial charge in [-0.3, -0.25) is 19.2 Å². The van der Waals surface area contributed by atoms with Crippen molar-refractivity contribution in [2.75, 3.05) is 6.61 Å². The molecule has 29 heavy (non-hydrogen) atoms. The van der Waals surface area contributed by atoms with Gasteiger partial charge in [0.15, 0.2) is 12.2 Å². The summed E-state index contributed by atoms with van der Waals surface area (Å²) in [6.45, 7) is 6.59. The highest BCUT2D eigenvalue weighted by Crippen LogP contribution is 2.28. The number of allylic oxidation sites excluding steroid dienone is 1. The molecule has 0 bridgehead atoms. The van der Waals surface area contributed by atoms with Gasteiger partial charge in [0.2, 0.25) is 12.2 Å². The molecule has 0 unspecified atom stereocenters. The molecular formula is C19H29NO9. The smallest absolute Gasteiger partial charge is 0.303 e. The maximum Gasteiger partial charge on any atom is 0.303 e. The van der Waals surface area contributed by atoms with Crippen LogP contribution in [0.25, 0.3) is 0 Å². The molecule has 0 spiro atoms. The van der Waals surface area contributed by atoms with Gasteiger partial charge in [0.05, 0.1) is 6.26 Å². The Morgan fingerprint density at radius 2 is 1.59 bits per heavy atom. The van der Waals surface area contributed by atoms with E-state index in [1.807, 2.05) is 6.92 Å². The first-order chi connectivity index (χ1) is 13.6. The molecule has 1 amide bonds. The molecule has 0 saturated carbocycles. The largest absolute Gasteiger partial charge is 0.470 e. The van der Waals surface area contributed by atoms with Crippen molar-refractivity contribution >= 4 is 23.8 Å². The van der Waals surface area contributed by atoms with Gasteiger partial charge < -0.3 is 29.0 Å². The molecule has 0 radical (unpaired) electrons. The van der Waals surface area contributed by atoms with E-state index in [1.165, 1.54) is 34.0 Å². The second-order valence-electron chi connectivity index (χ2n) is 6.52. The number of carbonyl (C=O) groups excluding carboxylic acids is 4. The SMILES string of the molecule is CCCC=CO[C@@H]1O[C@H](COC(C)=O)[C@@H](OC(C)=O)[C@H](OC(C)=O)[C@H]1NC(C)=O. The van der Waals surface area contributed by atoms with Gasteiger partial charge in [0.25, 0.3) is 0 Å². The maximum absolute atomic E-state index is 11.7. The van der Waals surface area contributed by atoms with Crippen LogP contribution in [0.15, 0.2) is 12.3 Å². The Bertz CT molecular complexity index is 619. The topological polar surface area (TPSA) is 126 Å². The summed E-state index contributed by atoms with van der Waals surface area (Å²) in [5, 5.41) is 2.62. The highest BCUT2D eigenvalue weighted by atomic mass is 16.7. The van der Waals surface area contributed by atoms with Crippen LogP contribution in [0.2, 0.25) is 0 Å². The van der Waals surface area contributed by atoms with E-state index < -0.39 is 54.5 Å². The van der Waals surface area contributed by atoms with E-state index in [0.717, 1.165) is 12.8 Å². The van der Waals surface area contributed by atoms with E-state index in [4.69, 9.17) is 23.7 Å². The number of esters is 3. The van der Waals surface area contributed by atoms with Crippen LogP contribution in [0.5, 0.6) is 0 Å². The zero-order valence-corrected chi connectivity index (χ0v) is 17.3. The fraction of sp³-hybridized carbons (Fsp3) is 0.684. The third-order valence-corrected chi connectivity index (χ3v) is 3.84. The summed E-state index contributed by atoms with van der Waals surface area (Å²) in [6, 6.07) is -0.972. The van der Waals surface area contributed by atoms with E-state index in [1.54, 1.807) is 6.08 Å². The number of unbranched alkanes of at least 4 members (excludes halogenated alkanes) is 1. The van der Waals surface area contributed by atoms with Crippen molar-refractivity contribution < 1.29 is 42.9 Å². The van der Waals surface area contributed by atoms with E-state index in [-0.39, 0.29) is 6.61 Å². The Labute approximate surface area is 169 Å². The number of carbonyl (C=O) groups is 4. The minimum atomic E-state index is -1.13. The zero-order valence-electron chi connectivity index (χ0n) is 17.3. The monoisotopic (exact) mass is 415 g/mol. The summed E-state index contributed by atoms with van der Waals surface area (Å²) in [5.74, 6) is -2.31. The van der Waals surface area contributed by atoms with Crippen LogP contribution in [-0.2, 0) is 42.9 Å². The molecule has 1 N–H and O–H groups in total. The molecule has 1 fully saturated rings. The van der Waals surface area contributed by atoms with Crippen molar-refractivity contribution in [3.05, 3.63) is 12.3 Å². The summed E-state index contributed by atoms with van der Waals surface area (Å²) in [6.07, 6.45) is 0.534. The quantitative estimate of drug-likeness (QED) is 0.333. The molecular weight excluding hydrogens is 386 g/mol. The summed E-state index contributed by atoms with van der Waals surface area (Å²) >= 11 is 0. The lowest BCUT2D eigenvalue weighted by atomic mass is 9.96. The number of hydrogen-bond acceptors (Lipinski definition) is 9. The average molecular weight is 415 g/mol. The van der Waals surface area contributed by atoms with Crippen molar-refractivity contribution in [1.82, 2.24) is 5.32 Å². The molecule has 1 saturated heterocycles. The van der Waals surface area contributed by atoms with E-state index in [9.17, 15) is 19.2 Å². The number of ether oxygens (including phenoxy) is 5. The molecule has 0 aromatic rings. The van der Waals surface area contributed by atoms with Gasteiger partial charge in [-0.15, -0.1) is 0 Å². The van der Waals surface area contributed by atoms with Crippen LogP contribution < -0.4 is 5.32 Å². The first-order valence-electron chi connectivity index (χ1n) is 9.36. The number of amides is 1. The Kier molecular flexibility index (Phi) is 10.1. The molecule has 5 atom stereocenters. The van der Waals surface area contributed by atoms with Gasteiger partial charge in [-0.05, 0) is 12.5 Å². The van der Waals surface area contributed by atoms with Gasteiger partial charge in [-0.2, -0.15) is 0 Å². The van der Waals surface area contributed by atoms with Crippen LogP contribution in [0.3, 0.4) is 0 Å². The predicted octanol–water partition coefficient (Wildman–Crippen LogP) is 0.973. The predicted molar refractivity (Wildman–Crippen MR) is 99.1 cm³/mol. The molecule has 1 heterocycles. The van der Waals surface area contributed by atoms with Crippen LogP contribution in [0.4, 0.5) is 0 Å². The van der Waals surface area contributed by atoms with Gasteiger partial charge >= 0.3 is 17.9 Å². The van der Waals surface area contributed by atoms with Crippen LogP contribution in [0.1, 0.15) is 47.5 Å². The van der Waals surface area contributed by atoms with Crippen LogP contribution in [-0.4, -0.2) is 61.1 Å². The van der Waals surface area contributed by atoms with Crippen LogP contribution in [0, 0.1) is 0 Å². The Hall–Kier alpha value is -2.62. The van der Waals surface area contributed by atoms with Gasteiger partial charge in [-0.1, -0.05) is 13.3 Å². The van der Waals surface area contributed by atoms with Crippen molar-refractivity contribution in [3.8, 4) is 0 Å². The van der Waals surface area contributed by atoms with Crippen molar-refractivity contribution in [2.24, 2.45) is 0 Å². The van der Waals surface area contributed by atoms with Crippen LogP contribution >= 0.6 is 0 Å². The normalized spacial score (nSPS) is 26.4. The summed E-state index contributed by atoms with van der Waals surface area (Å²) in [5.41, 5.74) is 0. The molecule has 0 aliphatic carbocycles. The highest BCUT2D eigenvalue weighted by molar-refractivity contribution is 5.73. The van der Waals surface area contributed by atoms with Gasteiger partial charge in [0, 0.05) is 27.7 Å².